The largest absolute Gasteiger partial charge is 0.393 e. The Morgan fingerprint density at radius 3 is 2.46 bits per heavy atom. The lowest BCUT2D eigenvalue weighted by molar-refractivity contribution is 0.0775. The van der Waals surface area contributed by atoms with Crippen LogP contribution in [-0.2, 0) is 13.6 Å². The van der Waals surface area contributed by atoms with E-state index in [2.05, 4.69) is 31.6 Å². The van der Waals surface area contributed by atoms with Crippen molar-refractivity contribution in [3.63, 3.8) is 0 Å². The number of hydrogen-bond donors (Lipinski definition) is 1. The second kappa shape index (κ2) is 8.36. The van der Waals surface area contributed by atoms with Crippen molar-refractivity contribution in [3.8, 4) is 0 Å². The van der Waals surface area contributed by atoms with Crippen LogP contribution in [0.5, 0.6) is 0 Å². The zero-order valence-corrected chi connectivity index (χ0v) is 16.3. The third-order valence-corrected chi connectivity index (χ3v) is 6.78. The lowest BCUT2D eigenvalue weighted by Crippen LogP contribution is -2.38. The van der Waals surface area contributed by atoms with Crippen molar-refractivity contribution in [2.24, 2.45) is 13.0 Å². The topological polar surface area (TPSA) is 57.4 Å². The van der Waals surface area contributed by atoms with Crippen LogP contribution in [0, 0.1) is 5.92 Å². The molecule has 1 N–H and O–H groups in total. The van der Waals surface area contributed by atoms with E-state index in [0.717, 1.165) is 50.8 Å². The van der Waals surface area contributed by atoms with Crippen molar-refractivity contribution in [1.82, 2.24) is 24.6 Å². The third kappa shape index (κ3) is 4.29. The highest BCUT2D eigenvalue weighted by Crippen LogP contribution is 2.30. The van der Waals surface area contributed by atoms with Gasteiger partial charge in [-0.1, -0.05) is 12.8 Å². The Balaban J connectivity index is 1.35. The predicted molar refractivity (Wildman–Crippen MR) is 102 cm³/mol. The van der Waals surface area contributed by atoms with E-state index < -0.39 is 0 Å². The quantitative estimate of drug-likeness (QED) is 0.871. The molecule has 1 aromatic heterocycles. The molecule has 0 spiro atoms. The molecule has 146 valence electrons. The predicted octanol–water partition coefficient (Wildman–Crippen LogP) is 2.14. The van der Waals surface area contributed by atoms with Gasteiger partial charge in [-0.3, -0.25) is 4.90 Å². The number of aliphatic hydroxyl groups excluding tert-OH is 1. The minimum atomic E-state index is -0.116. The number of nitrogens with zero attached hydrogens (tertiary/aromatic N) is 5. The molecule has 1 atom stereocenters. The monoisotopic (exact) mass is 361 g/mol. The SMILES string of the molecule is Cn1c(CN2CCC(O)CC2)nnc1[C@H]1CCCN(CC2CCCC2)C1. The Labute approximate surface area is 157 Å². The van der Waals surface area contributed by atoms with Crippen LogP contribution in [0.4, 0.5) is 0 Å². The summed E-state index contributed by atoms with van der Waals surface area (Å²) in [5.41, 5.74) is 0. The summed E-state index contributed by atoms with van der Waals surface area (Å²) in [5.74, 6) is 3.70. The highest BCUT2D eigenvalue weighted by atomic mass is 16.3. The molecule has 3 fully saturated rings. The van der Waals surface area contributed by atoms with Crippen LogP contribution < -0.4 is 0 Å². The average molecular weight is 362 g/mol. The van der Waals surface area contributed by atoms with Gasteiger partial charge in [0.25, 0.3) is 0 Å². The van der Waals surface area contributed by atoms with Gasteiger partial charge in [-0.2, -0.15) is 0 Å². The van der Waals surface area contributed by atoms with Gasteiger partial charge in [0, 0.05) is 39.1 Å². The maximum absolute atomic E-state index is 9.68. The lowest BCUT2D eigenvalue weighted by Gasteiger charge is -2.34. The maximum atomic E-state index is 9.68. The fraction of sp³-hybridized carbons (Fsp3) is 0.900. The summed E-state index contributed by atoms with van der Waals surface area (Å²) >= 11 is 0. The van der Waals surface area contributed by atoms with Crippen LogP contribution >= 0.6 is 0 Å². The Kier molecular flexibility index (Phi) is 5.91. The van der Waals surface area contributed by atoms with Gasteiger partial charge < -0.3 is 14.6 Å². The van der Waals surface area contributed by atoms with Crippen LogP contribution in [0.25, 0.3) is 0 Å². The molecule has 0 radical (unpaired) electrons. The van der Waals surface area contributed by atoms with E-state index in [1.165, 1.54) is 57.4 Å². The zero-order chi connectivity index (χ0) is 17.9. The van der Waals surface area contributed by atoms with Crippen LogP contribution in [0.1, 0.15) is 68.9 Å². The first-order valence-corrected chi connectivity index (χ1v) is 10.7. The number of aliphatic hydroxyl groups is 1. The van der Waals surface area contributed by atoms with E-state index in [4.69, 9.17) is 0 Å². The van der Waals surface area contributed by atoms with Crippen LogP contribution in [0.15, 0.2) is 0 Å². The summed E-state index contributed by atoms with van der Waals surface area (Å²) in [6, 6.07) is 0. The first kappa shape index (κ1) is 18.4. The molecule has 0 unspecified atom stereocenters. The van der Waals surface area contributed by atoms with Crippen molar-refractivity contribution in [3.05, 3.63) is 11.6 Å². The summed E-state index contributed by atoms with van der Waals surface area (Å²) < 4.78 is 2.24. The zero-order valence-electron chi connectivity index (χ0n) is 16.3. The van der Waals surface area contributed by atoms with E-state index >= 15 is 0 Å². The second-order valence-corrected chi connectivity index (χ2v) is 8.79. The van der Waals surface area contributed by atoms with Crippen molar-refractivity contribution < 1.29 is 5.11 Å². The molecule has 4 rings (SSSR count). The van der Waals surface area contributed by atoms with Crippen LogP contribution in [0.2, 0.25) is 0 Å². The fourth-order valence-corrected chi connectivity index (χ4v) is 5.14. The number of piperidine rings is 2. The summed E-state index contributed by atoms with van der Waals surface area (Å²) in [4.78, 5) is 5.08. The Bertz CT molecular complexity index is 575. The van der Waals surface area contributed by atoms with Gasteiger partial charge in [0.05, 0.1) is 12.6 Å². The summed E-state index contributed by atoms with van der Waals surface area (Å²) in [5, 5.41) is 18.8. The molecule has 0 amide bonds. The summed E-state index contributed by atoms with van der Waals surface area (Å²) in [6.07, 6.45) is 9.89. The summed E-state index contributed by atoms with van der Waals surface area (Å²) in [7, 11) is 2.14. The van der Waals surface area contributed by atoms with E-state index in [1.54, 1.807) is 0 Å². The molecule has 1 saturated carbocycles. The van der Waals surface area contributed by atoms with Crippen LogP contribution in [0.3, 0.4) is 0 Å². The van der Waals surface area contributed by atoms with Crippen molar-refractivity contribution in [2.45, 2.75) is 69.9 Å². The average Bonchev–Trinajstić information content (AvgIpc) is 3.28. The van der Waals surface area contributed by atoms with Gasteiger partial charge in [-0.25, -0.2) is 0 Å². The Morgan fingerprint density at radius 1 is 0.923 bits per heavy atom. The molecule has 1 aliphatic carbocycles. The molecule has 0 bridgehead atoms. The molecule has 1 aromatic rings. The van der Waals surface area contributed by atoms with Gasteiger partial charge in [0.2, 0.25) is 0 Å². The van der Waals surface area contributed by atoms with Crippen molar-refractivity contribution >= 4 is 0 Å². The number of hydrogen-bond acceptors (Lipinski definition) is 5. The van der Waals surface area contributed by atoms with E-state index in [1.807, 2.05) is 0 Å². The minimum Gasteiger partial charge on any atom is -0.393 e. The van der Waals surface area contributed by atoms with Gasteiger partial charge in [-0.15, -0.1) is 10.2 Å². The Morgan fingerprint density at radius 2 is 1.69 bits per heavy atom. The number of rotatable bonds is 5. The Hall–Kier alpha value is -0.980. The third-order valence-electron chi connectivity index (χ3n) is 6.78. The molecule has 3 aliphatic rings. The van der Waals surface area contributed by atoms with Crippen molar-refractivity contribution in [1.29, 1.82) is 0 Å². The molecular formula is C20H35N5O. The fourth-order valence-electron chi connectivity index (χ4n) is 5.14. The first-order valence-electron chi connectivity index (χ1n) is 10.7. The highest BCUT2D eigenvalue weighted by molar-refractivity contribution is 5.04. The molecule has 2 saturated heterocycles. The first-order chi connectivity index (χ1) is 12.7. The standard InChI is InChI=1S/C20H35N5O/c1-23-19(15-24-11-8-18(26)9-12-24)21-22-20(23)17-7-4-10-25(14-17)13-16-5-2-3-6-16/h16-18,26H,2-15H2,1H3/t17-/m0/s1. The smallest absolute Gasteiger partial charge is 0.146 e. The number of likely N-dealkylation sites (tertiary alicyclic amines) is 2. The molecule has 2 aliphatic heterocycles. The molecule has 6 nitrogen and oxygen atoms in total. The van der Waals surface area contributed by atoms with E-state index in [-0.39, 0.29) is 6.10 Å². The van der Waals surface area contributed by atoms with Gasteiger partial charge >= 0.3 is 0 Å². The minimum absolute atomic E-state index is 0.116. The molecule has 0 aromatic carbocycles. The normalized spacial score (nSPS) is 27.4. The molecule has 26 heavy (non-hydrogen) atoms. The maximum Gasteiger partial charge on any atom is 0.146 e. The summed E-state index contributed by atoms with van der Waals surface area (Å²) in [6.45, 7) is 6.47. The van der Waals surface area contributed by atoms with Gasteiger partial charge in [0.1, 0.15) is 11.6 Å². The lowest BCUT2D eigenvalue weighted by atomic mass is 9.95. The highest BCUT2D eigenvalue weighted by Gasteiger charge is 2.28. The van der Waals surface area contributed by atoms with E-state index in [9.17, 15) is 5.11 Å². The molecule has 6 heteroatoms. The van der Waals surface area contributed by atoms with Gasteiger partial charge in [-0.05, 0) is 51.0 Å². The second-order valence-electron chi connectivity index (χ2n) is 8.79. The van der Waals surface area contributed by atoms with Crippen molar-refractivity contribution in [2.75, 3.05) is 32.7 Å². The van der Waals surface area contributed by atoms with Gasteiger partial charge in [0.15, 0.2) is 0 Å². The van der Waals surface area contributed by atoms with Crippen LogP contribution in [-0.4, -0.2) is 68.5 Å². The number of aromatic nitrogens is 3. The molecule has 3 heterocycles. The molecular weight excluding hydrogens is 326 g/mol. The van der Waals surface area contributed by atoms with E-state index in [0.29, 0.717) is 5.92 Å².